The van der Waals surface area contributed by atoms with Crippen molar-refractivity contribution in [2.24, 2.45) is 0 Å². The van der Waals surface area contributed by atoms with Gasteiger partial charge in [-0.3, -0.25) is 0 Å². The molecule has 1 N–H and O–H groups in total. The van der Waals surface area contributed by atoms with Crippen LogP contribution in [0, 0.1) is 5.82 Å². The van der Waals surface area contributed by atoms with E-state index in [0.717, 1.165) is 6.42 Å². The number of halogens is 1. The number of hydrogen-bond donors (Lipinski definition) is 1. The van der Waals surface area contributed by atoms with E-state index in [0.29, 0.717) is 25.0 Å². The summed E-state index contributed by atoms with van der Waals surface area (Å²) in [6, 6.07) is 6.56. The van der Waals surface area contributed by atoms with Crippen LogP contribution in [0.25, 0.3) is 0 Å². The van der Waals surface area contributed by atoms with Crippen molar-refractivity contribution in [1.82, 2.24) is 0 Å². The molecule has 1 aromatic carbocycles. The third-order valence-corrected chi connectivity index (χ3v) is 2.59. The minimum absolute atomic E-state index is 0.255. The monoisotopic (exact) mass is 226 g/mol. The van der Waals surface area contributed by atoms with Gasteiger partial charge in [0.2, 0.25) is 0 Å². The van der Waals surface area contributed by atoms with Crippen molar-refractivity contribution < 1.29 is 14.2 Å². The van der Waals surface area contributed by atoms with Crippen LogP contribution >= 0.6 is 0 Å². The molecule has 0 aliphatic rings. The molecule has 0 heterocycles. The first-order valence-corrected chi connectivity index (χ1v) is 5.50. The van der Waals surface area contributed by atoms with E-state index in [9.17, 15) is 9.50 Å². The fourth-order valence-corrected chi connectivity index (χ4v) is 1.74. The van der Waals surface area contributed by atoms with Crippen molar-refractivity contribution in [1.29, 1.82) is 0 Å². The molecule has 1 unspecified atom stereocenters. The molecule has 0 spiro atoms. The Bertz CT molecular complexity index is 323. The highest BCUT2D eigenvalue weighted by molar-refractivity contribution is 5.19. The Balaban J connectivity index is 2.55. The van der Waals surface area contributed by atoms with Gasteiger partial charge in [0.1, 0.15) is 5.82 Å². The van der Waals surface area contributed by atoms with Crippen molar-refractivity contribution >= 4 is 0 Å². The average Bonchev–Trinajstić information content (AvgIpc) is 2.21. The number of hydrogen-bond acceptors (Lipinski definition) is 2. The van der Waals surface area contributed by atoms with E-state index in [1.54, 1.807) is 32.2 Å². The number of methoxy groups -OCH3 is 1. The van der Waals surface area contributed by atoms with Crippen molar-refractivity contribution in [3.8, 4) is 0 Å². The summed E-state index contributed by atoms with van der Waals surface area (Å²) in [6.07, 6.45) is 1.72. The fraction of sp³-hybridized carbons (Fsp3) is 0.538. The van der Waals surface area contributed by atoms with Gasteiger partial charge in [-0.25, -0.2) is 4.39 Å². The Hall–Kier alpha value is -0.930. The van der Waals surface area contributed by atoms with Gasteiger partial charge in [-0.15, -0.1) is 0 Å². The summed E-state index contributed by atoms with van der Waals surface area (Å²) in [5.41, 5.74) is -0.314. The first-order valence-electron chi connectivity index (χ1n) is 5.50. The van der Waals surface area contributed by atoms with Gasteiger partial charge in [-0.05, 0) is 31.4 Å². The van der Waals surface area contributed by atoms with Crippen LogP contribution in [0.1, 0.15) is 25.3 Å². The zero-order valence-corrected chi connectivity index (χ0v) is 9.87. The fourth-order valence-electron chi connectivity index (χ4n) is 1.74. The van der Waals surface area contributed by atoms with E-state index in [1.807, 2.05) is 0 Å². The minimum atomic E-state index is -0.874. The molecule has 0 aliphatic heterocycles. The van der Waals surface area contributed by atoms with Gasteiger partial charge in [-0.2, -0.15) is 0 Å². The lowest BCUT2D eigenvalue weighted by Gasteiger charge is -2.23. The highest BCUT2D eigenvalue weighted by Crippen LogP contribution is 2.20. The molecule has 0 bridgehead atoms. The van der Waals surface area contributed by atoms with Crippen LogP contribution < -0.4 is 0 Å². The largest absolute Gasteiger partial charge is 0.390 e. The van der Waals surface area contributed by atoms with Gasteiger partial charge in [-0.1, -0.05) is 18.2 Å². The highest BCUT2D eigenvalue weighted by atomic mass is 19.1. The predicted octanol–water partition coefficient (Wildman–Crippen LogP) is 2.55. The Morgan fingerprint density at radius 1 is 1.38 bits per heavy atom. The first kappa shape index (κ1) is 13.1. The molecule has 0 fully saturated rings. The molecule has 1 aromatic rings. The van der Waals surface area contributed by atoms with Gasteiger partial charge >= 0.3 is 0 Å². The molecule has 1 atom stereocenters. The van der Waals surface area contributed by atoms with Crippen LogP contribution in [0.4, 0.5) is 4.39 Å². The first-order chi connectivity index (χ1) is 7.55. The minimum Gasteiger partial charge on any atom is -0.390 e. The molecule has 0 amide bonds. The normalized spacial score (nSPS) is 14.8. The lowest BCUT2D eigenvalue weighted by Crippen LogP contribution is -2.28. The summed E-state index contributed by atoms with van der Waals surface area (Å²) in [5.74, 6) is -0.255. The second-order valence-electron chi connectivity index (χ2n) is 4.36. The van der Waals surface area contributed by atoms with Gasteiger partial charge < -0.3 is 9.84 Å². The molecular formula is C13H19FO2. The van der Waals surface area contributed by atoms with Gasteiger partial charge in [0.25, 0.3) is 0 Å². The van der Waals surface area contributed by atoms with Crippen LogP contribution in [-0.4, -0.2) is 24.4 Å². The summed E-state index contributed by atoms with van der Waals surface area (Å²) in [4.78, 5) is 0. The van der Waals surface area contributed by atoms with Gasteiger partial charge in [0, 0.05) is 20.1 Å². The summed E-state index contributed by atoms with van der Waals surface area (Å²) >= 11 is 0. The number of benzene rings is 1. The van der Waals surface area contributed by atoms with Crippen molar-refractivity contribution in [3.05, 3.63) is 35.6 Å². The standard InChI is InChI=1S/C13H19FO2/c1-13(15,8-5-9-16-2)10-11-6-3-4-7-12(11)14/h3-4,6-7,15H,5,8-10H2,1-2H3. The van der Waals surface area contributed by atoms with E-state index in [4.69, 9.17) is 4.74 Å². The van der Waals surface area contributed by atoms with Crippen molar-refractivity contribution in [2.45, 2.75) is 31.8 Å². The Morgan fingerprint density at radius 3 is 2.69 bits per heavy atom. The number of ether oxygens (including phenoxy) is 1. The molecule has 90 valence electrons. The predicted molar refractivity (Wildman–Crippen MR) is 61.8 cm³/mol. The maximum atomic E-state index is 13.4. The molecule has 3 heteroatoms. The summed E-state index contributed by atoms with van der Waals surface area (Å²) < 4.78 is 18.3. The summed E-state index contributed by atoms with van der Waals surface area (Å²) in [7, 11) is 1.63. The van der Waals surface area contributed by atoms with E-state index in [-0.39, 0.29) is 5.82 Å². The Morgan fingerprint density at radius 2 is 2.06 bits per heavy atom. The Kier molecular flexibility index (Phi) is 4.90. The maximum absolute atomic E-state index is 13.4. The number of aliphatic hydroxyl groups is 1. The molecule has 0 saturated heterocycles. The van der Waals surface area contributed by atoms with Crippen LogP contribution in [0.15, 0.2) is 24.3 Å². The van der Waals surface area contributed by atoms with Crippen molar-refractivity contribution in [2.75, 3.05) is 13.7 Å². The van der Waals surface area contributed by atoms with Crippen LogP contribution in [0.5, 0.6) is 0 Å². The lowest BCUT2D eigenvalue weighted by atomic mass is 9.92. The highest BCUT2D eigenvalue weighted by Gasteiger charge is 2.21. The van der Waals surface area contributed by atoms with Gasteiger partial charge in [0.05, 0.1) is 5.60 Å². The molecule has 2 nitrogen and oxygen atoms in total. The second kappa shape index (κ2) is 5.97. The molecule has 0 aromatic heterocycles. The Labute approximate surface area is 96.1 Å². The van der Waals surface area contributed by atoms with E-state index in [2.05, 4.69) is 0 Å². The summed E-state index contributed by atoms with van der Waals surface area (Å²) in [6.45, 7) is 2.35. The molecule has 0 saturated carbocycles. The second-order valence-corrected chi connectivity index (χ2v) is 4.36. The SMILES string of the molecule is COCCCC(C)(O)Cc1ccccc1F. The molecule has 16 heavy (non-hydrogen) atoms. The molecule has 0 aliphatic carbocycles. The zero-order valence-electron chi connectivity index (χ0n) is 9.87. The van der Waals surface area contributed by atoms with E-state index >= 15 is 0 Å². The maximum Gasteiger partial charge on any atom is 0.126 e. The zero-order chi connectivity index (χ0) is 12.0. The molecular weight excluding hydrogens is 207 g/mol. The number of rotatable bonds is 6. The molecule has 0 radical (unpaired) electrons. The third kappa shape index (κ3) is 4.29. The smallest absolute Gasteiger partial charge is 0.126 e. The lowest BCUT2D eigenvalue weighted by molar-refractivity contribution is 0.0401. The molecule has 1 rings (SSSR count). The van der Waals surface area contributed by atoms with Crippen LogP contribution in [0.2, 0.25) is 0 Å². The average molecular weight is 226 g/mol. The van der Waals surface area contributed by atoms with Crippen LogP contribution in [0.3, 0.4) is 0 Å². The van der Waals surface area contributed by atoms with Gasteiger partial charge in [0.15, 0.2) is 0 Å². The van der Waals surface area contributed by atoms with Crippen LogP contribution in [-0.2, 0) is 11.2 Å². The summed E-state index contributed by atoms with van der Waals surface area (Å²) in [5, 5.41) is 10.1. The quantitative estimate of drug-likeness (QED) is 0.755. The van der Waals surface area contributed by atoms with Crippen molar-refractivity contribution in [3.63, 3.8) is 0 Å². The topological polar surface area (TPSA) is 29.5 Å². The van der Waals surface area contributed by atoms with E-state index in [1.165, 1.54) is 6.07 Å². The third-order valence-electron chi connectivity index (χ3n) is 2.59. The van der Waals surface area contributed by atoms with E-state index < -0.39 is 5.60 Å².